The number of nitrogens with one attached hydrogen (secondary N) is 1. The van der Waals surface area contributed by atoms with Crippen LogP contribution in [0.25, 0.3) is 22.3 Å². The minimum Gasteiger partial charge on any atom is -0.452 e. The minimum absolute atomic E-state index is 0.111. The van der Waals surface area contributed by atoms with Crippen molar-refractivity contribution in [3.63, 3.8) is 0 Å². The van der Waals surface area contributed by atoms with Gasteiger partial charge in [0.25, 0.3) is 0 Å². The molecule has 6 heteroatoms. The van der Waals surface area contributed by atoms with Crippen LogP contribution in [0.5, 0.6) is 0 Å². The number of fused-ring (bicyclic) bond motifs is 1. The van der Waals surface area contributed by atoms with Crippen LogP contribution in [0.4, 0.5) is 5.82 Å². The average Bonchev–Trinajstić information content (AvgIpc) is 2.70. The summed E-state index contributed by atoms with van der Waals surface area (Å²) in [5.41, 5.74) is 2.06. The Hall–Kier alpha value is -3.54. The zero-order valence-electron chi connectivity index (χ0n) is 13.9. The van der Waals surface area contributed by atoms with Gasteiger partial charge in [0.05, 0.1) is 5.39 Å². The fourth-order valence-electron chi connectivity index (χ4n) is 2.71. The number of anilines is 1. The van der Waals surface area contributed by atoms with Crippen LogP contribution >= 0.6 is 0 Å². The van der Waals surface area contributed by atoms with Gasteiger partial charge in [-0.3, -0.25) is 14.8 Å². The lowest BCUT2D eigenvalue weighted by molar-refractivity contribution is 0.617. The molecule has 0 bridgehead atoms. The van der Waals surface area contributed by atoms with Gasteiger partial charge >= 0.3 is 0 Å². The van der Waals surface area contributed by atoms with Gasteiger partial charge in [0.15, 0.2) is 16.8 Å². The van der Waals surface area contributed by atoms with E-state index < -0.39 is 0 Å². The van der Waals surface area contributed by atoms with Crippen LogP contribution < -0.4 is 10.7 Å². The quantitative estimate of drug-likeness (QED) is 0.598. The molecule has 0 aliphatic carbocycles. The third kappa shape index (κ3) is 3.30. The second kappa shape index (κ2) is 7.14. The van der Waals surface area contributed by atoms with Gasteiger partial charge in [-0.15, -0.1) is 0 Å². The van der Waals surface area contributed by atoms with Gasteiger partial charge in [-0.2, -0.15) is 0 Å². The van der Waals surface area contributed by atoms with E-state index in [9.17, 15) is 4.79 Å². The van der Waals surface area contributed by atoms with E-state index in [0.29, 0.717) is 29.1 Å². The fraction of sp³-hybridized carbons (Fsp3) is 0.100. The molecule has 128 valence electrons. The first kappa shape index (κ1) is 16.0. The van der Waals surface area contributed by atoms with Crippen molar-refractivity contribution in [2.24, 2.45) is 0 Å². The van der Waals surface area contributed by atoms with E-state index in [1.807, 2.05) is 24.3 Å². The maximum atomic E-state index is 12.5. The largest absolute Gasteiger partial charge is 0.452 e. The molecule has 0 radical (unpaired) electrons. The lowest BCUT2D eigenvalue weighted by atomic mass is 10.2. The number of rotatable bonds is 5. The van der Waals surface area contributed by atoms with E-state index >= 15 is 0 Å². The first-order valence-corrected chi connectivity index (χ1v) is 8.28. The molecule has 0 atom stereocenters. The van der Waals surface area contributed by atoms with Crippen LogP contribution in [-0.4, -0.2) is 21.5 Å². The van der Waals surface area contributed by atoms with E-state index in [-0.39, 0.29) is 5.43 Å². The molecular formula is C20H16N4O2. The van der Waals surface area contributed by atoms with Gasteiger partial charge in [-0.1, -0.05) is 6.07 Å². The summed E-state index contributed by atoms with van der Waals surface area (Å²) < 4.78 is 5.98. The second-order valence-electron chi connectivity index (χ2n) is 5.75. The fourth-order valence-corrected chi connectivity index (χ4v) is 2.71. The van der Waals surface area contributed by atoms with Crippen molar-refractivity contribution >= 4 is 16.8 Å². The molecule has 4 aromatic rings. The molecule has 4 aromatic heterocycles. The first-order valence-electron chi connectivity index (χ1n) is 8.28. The van der Waals surface area contributed by atoms with E-state index in [1.165, 1.54) is 6.07 Å². The van der Waals surface area contributed by atoms with E-state index in [2.05, 4.69) is 20.3 Å². The Morgan fingerprint density at radius 3 is 2.77 bits per heavy atom. The lowest BCUT2D eigenvalue weighted by Gasteiger charge is -2.09. The van der Waals surface area contributed by atoms with Crippen LogP contribution in [0.1, 0.15) is 5.69 Å². The third-order valence-corrected chi connectivity index (χ3v) is 3.99. The van der Waals surface area contributed by atoms with Crippen molar-refractivity contribution in [2.75, 3.05) is 11.9 Å². The molecule has 0 saturated carbocycles. The Labute approximate surface area is 149 Å². The summed E-state index contributed by atoms with van der Waals surface area (Å²) >= 11 is 0. The van der Waals surface area contributed by atoms with Crippen molar-refractivity contribution in [2.45, 2.75) is 6.42 Å². The lowest BCUT2D eigenvalue weighted by Crippen LogP contribution is -2.09. The zero-order chi connectivity index (χ0) is 17.8. The smallest absolute Gasteiger partial charge is 0.193 e. The van der Waals surface area contributed by atoms with Crippen LogP contribution in [0.3, 0.4) is 0 Å². The Kier molecular flexibility index (Phi) is 4.38. The van der Waals surface area contributed by atoms with Crippen molar-refractivity contribution in [1.82, 2.24) is 15.0 Å². The highest BCUT2D eigenvalue weighted by Gasteiger charge is 2.11. The molecule has 0 unspecified atom stereocenters. The molecule has 0 aromatic carbocycles. The standard InChI is InChI=1S/C20H16N4O2/c25-17-12-18(14-4-3-8-21-13-14)26-19-16(17)7-11-24-20(19)23-10-6-15-5-1-2-9-22-15/h1-5,7-9,11-13H,6,10H2,(H,23,24). The summed E-state index contributed by atoms with van der Waals surface area (Å²) in [5.74, 6) is 1.01. The van der Waals surface area contributed by atoms with E-state index in [0.717, 1.165) is 17.7 Å². The highest BCUT2D eigenvalue weighted by Crippen LogP contribution is 2.25. The summed E-state index contributed by atoms with van der Waals surface area (Å²) in [7, 11) is 0. The summed E-state index contributed by atoms with van der Waals surface area (Å²) in [5, 5.41) is 3.74. The number of aromatic nitrogens is 3. The summed E-state index contributed by atoms with van der Waals surface area (Å²) in [6.07, 6.45) is 7.45. The molecular weight excluding hydrogens is 328 g/mol. The summed E-state index contributed by atoms with van der Waals surface area (Å²) in [6, 6.07) is 12.6. The number of nitrogens with zero attached hydrogens (tertiary/aromatic N) is 3. The normalized spacial score (nSPS) is 10.8. The number of hydrogen-bond acceptors (Lipinski definition) is 6. The van der Waals surface area contributed by atoms with Gasteiger partial charge in [0.1, 0.15) is 5.76 Å². The molecule has 4 heterocycles. The molecule has 4 rings (SSSR count). The highest BCUT2D eigenvalue weighted by molar-refractivity contribution is 5.87. The van der Waals surface area contributed by atoms with Gasteiger partial charge in [-0.05, 0) is 30.3 Å². The van der Waals surface area contributed by atoms with Crippen LogP contribution in [-0.2, 0) is 6.42 Å². The SMILES string of the molecule is O=c1cc(-c2cccnc2)oc2c(NCCc3ccccn3)nccc12. The first-order chi connectivity index (χ1) is 12.8. The van der Waals surface area contributed by atoms with Crippen molar-refractivity contribution in [3.8, 4) is 11.3 Å². The molecule has 0 fully saturated rings. The van der Waals surface area contributed by atoms with Crippen molar-refractivity contribution in [3.05, 3.63) is 83.2 Å². The molecule has 26 heavy (non-hydrogen) atoms. The van der Waals surface area contributed by atoms with Gasteiger partial charge in [0.2, 0.25) is 0 Å². The predicted octanol–water partition coefficient (Wildman–Crippen LogP) is 3.30. The Morgan fingerprint density at radius 2 is 1.96 bits per heavy atom. The van der Waals surface area contributed by atoms with E-state index in [4.69, 9.17) is 4.42 Å². The van der Waals surface area contributed by atoms with E-state index in [1.54, 1.807) is 36.9 Å². The summed E-state index contributed by atoms with van der Waals surface area (Å²) in [6.45, 7) is 0.629. The Morgan fingerprint density at radius 1 is 1.00 bits per heavy atom. The third-order valence-electron chi connectivity index (χ3n) is 3.99. The zero-order valence-corrected chi connectivity index (χ0v) is 13.9. The number of pyridine rings is 3. The van der Waals surface area contributed by atoms with Crippen LogP contribution in [0.15, 0.2) is 76.5 Å². The molecule has 0 saturated heterocycles. The van der Waals surface area contributed by atoms with Crippen LogP contribution in [0.2, 0.25) is 0 Å². The van der Waals surface area contributed by atoms with Gasteiger partial charge in [-0.25, -0.2) is 4.98 Å². The molecule has 0 aliphatic rings. The molecule has 0 spiro atoms. The van der Waals surface area contributed by atoms with Gasteiger partial charge in [0, 0.05) is 55.1 Å². The predicted molar refractivity (Wildman–Crippen MR) is 99.9 cm³/mol. The Bertz CT molecular complexity index is 1080. The molecule has 1 N–H and O–H groups in total. The summed E-state index contributed by atoms with van der Waals surface area (Å²) in [4.78, 5) is 25.2. The van der Waals surface area contributed by atoms with Crippen LogP contribution in [0, 0.1) is 0 Å². The topological polar surface area (TPSA) is 80.9 Å². The maximum Gasteiger partial charge on any atom is 0.193 e. The monoisotopic (exact) mass is 344 g/mol. The maximum absolute atomic E-state index is 12.5. The highest BCUT2D eigenvalue weighted by atomic mass is 16.3. The van der Waals surface area contributed by atoms with Crippen molar-refractivity contribution in [1.29, 1.82) is 0 Å². The molecule has 0 amide bonds. The second-order valence-corrected chi connectivity index (χ2v) is 5.75. The Balaban J connectivity index is 1.66. The molecule has 6 nitrogen and oxygen atoms in total. The average molecular weight is 344 g/mol. The number of hydrogen-bond donors (Lipinski definition) is 1. The minimum atomic E-state index is -0.111. The molecule has 0 aliphatic heterocycles. The van der Waals surface area contributed by atoms with Gasteiger partial charge < -0.3 is 9.73 Å². The van der Waals surface area contributed by atoms with Crippen molar-refractivity contribution < 1.29 is 4.42 Å².